The van der Waals surface area contributed by atoms with E-state index >= 15 is 0 Å². The lowest BCUT2D eigenvalue weighted by Crippen LogP contribution is -2.51. The van der Waals surface area contributed by atoms with Crippen molar-refractivity contribution in [3.63, 3.8) is 0 Å². The van der Waals surface area contributed by atoms with Gasteiger partial charge in [-0.25, -0.2) is 0 Å². The van der Waals surface area contributed by atoms with E-state index in [0.29, 0.717) is 21.7 Å². The molecule has 2 aromatic rings. The first-order chi connectivity index (χ1) is 18.2. The molecule has 0 unspecified atom stereocenters. The van der Waals surface area contributed by atoms with Gasteiger partial charge in [0.1, 0.15) is 12.6 Å². The fourth-order valence-electron chi connectivity index (χ4n) is 4.37. The SMILES string of the molecule is CN(CC1CCC1)[C@@H](CNC(=O)c1ccc(Cl)s1)C(=O)Nc1ccc(N2CCOCC2=O)c(OC(F)F)c1. The van der Waals surface area contributed by atoms with Crippen LogP contribution in [0.5, 0.6) is 5.75 Å². The van der Waals surface area contributed by atoms with Gasteiger partial charge in [-0.3, -0.25) is 19.3 Å². The van der Waals surface area contributed by atoms with Gasteiger partial charge in [0, 0.05) is 31.4 Å². The van der Waals surface area contributed by atoms with Crippen LogP contribution in [0.1, 0.15) is 28.9 Å². The number of carbonyl (C=O) groups excluding carboxylic acids is 3. The molecule has 1 saturated heterocycles. The van der Waals surface area contributed by atoms with Crippen molar-refractivity contribution in [2.24, 2.45) is 5.92 Å². The Labute approximate surface area is 228 Å². The second kappa shape index (κ2) is 12.8. The van der Waals surface area contributed by atoms with E-state index in [0.717, 1.165) is 30.6 Å². The maximum atomic E-state index is 13.4. The number of carbonyl (C=O) groups is 3. The fourth-order valence-corrected chi connectivity index (χ4v) is 5.33. The van der Waals surface area contributed by atoms with Gasteiger partial charge in [0.15, 0.2) is 5.75 Å². The van der Waals surface area contributed by atoms with Gasteiger partial charge >= 0.3 is 6.61 Å². The molecule has 1 saturated carbocycles. The third-order valence-corrected chi connectivity index (χ3v) is 7.81. The zero-order chi connectivity index (χ0) is 27.2. The van der Waals surface area contributed by atoms with E-state index in [1.165, 1.54) is 23.1 Å². The molecule has 38 heavy (non-hydrogen) atoms. The average molecular weight is 571 g/mol. The number of alkyl halides is 2. The Morgan fingerprint density at radius 2 is 2.08 bits per heavy atom. The van der Waals surface area contributed by atoms with Crippen molar-refractivity contribution < 1.29 is 32.6 Å². The second-order valence-corrected chi connectivity index (χ2v) is 10.9. The number of likely N-dealkylation sites (N-methyl/N-ethyl adjacent to an activating group) is 1. The highest BCUT2D eigenvalue weighted by Gasteiger charge is 2.29. The monoisotopic (exact) mass is 570 g/mol. The number of hydrogen-bond donors (Lipinski definition) is 2. The first kappa shape index (κ1) is 28.2. The number of anilines is 2. The van der Waals surface area contributed by atoms with Gasteiger partial charge < -0.3 is 25.0 Å². The van der Waals surface area contributed by atoms with Crippen molar-refractivity contribution in [1.29, 1.82) is 0 Å². The summed E-state index contributed by atoms with van der Waals surface area (Å²) in [5, 5.41) is 5.55. The highest BCUT2D eigenvalue weighted by atomic mass is 35.5. The van der Waals surface area contributed by atoms with Gasteiger partial charge in [0.05, 0.1) is 21.5 Å². The summed E-state index contributed by atoms with van der Waals surface area (Å²) in [6.45, 7) is -2.13. The minimum absolute atomic E-state index is 0.0319. The van der Waals surface area contributed by atoms with Gasteiger partial charge in [-0.2, -0.15) is 8.78 Å². The van der Waals surface area contributed by atoms with Crippen LogP contribution in [0.15, 0.2) is 30.3 Å². The lowest BCUT2D eigenvalue weighted by atomic mass is 9.85. The highest BCUT2D eigenvalue weighted by Crippen LogP contribution is 2.34. The molecule has 2 heterocycles. The molecular formula is C25H29ClF2N4O5S. The van der Waals surface area contributed by atoms with E-state index in [-0.39, 0.29) is 55.2 Å². The Morgan fingerprint density at radius 1 is 1.29 bits per heavy atom. The summed E-state index contributed by atoms with van der Waals surface area (Å²) in [6, 6.07) is 6.74. The highest BCUT2D eigenvalue weighted by molar-refractivity contribution is 7.18. The van der Waals surface area contributed by atoms with Crippen LogP contribution < -0.4 is 20.3 Å². The van der Waals surface area contributed by atoms with Crippen LogP contribution in [0.25, 0.3) is 0 Å². The number of morpholine rings is 1. The predicted molar refractivity (Wildman–Crippen MR) is 140 cm³/mol. The summed E-state index contributed by atoms with van der Waals surface area (Å²) in [7, 11) is 1.81. The summed E-state index contributed by atoms with van der Waals surface area (Å²) in [5.41, 5.74) is 0.380. The van der Waals surface area contributed by atoms with Crippen molar-refractivity contribution in [3.05, 3.63) is 39.5 Å². The molecule has 2 fully saturated rings. The quantitative estimate of drug-likeness (QED) is 0.426. The maximum Gasteiger partial charge on any atom is 0.387 e. The number of benzene rings is 1. The normalized spacial score (nSPS) is 16.9. The van der Waals surface area contributed by atoms with Crippen LogP contribution in [0.2, 0.25) is 4.34 Å². The lowest BCUT2D eigenvalue weighted by Gasteiger charge is -2.34. The Balaban J connectivity index is 1.50. The third-order valence-electron chi connectivity index (χ3n) is 6.58. The van der Waals surface area contributed by atoms with Crippen LogP contribution in [-0.4, -0.2) is 75.2 Å². The number of nitrogens with zero attached hydrogens (tertiary/aromatic N) is 2. The Hall–Kier alpha value is -2.80. The summed E-state index contributed by atoms with van der Waals surface area (Å²) in [5.74, 6) is -0.917. The van der Waals surface area contributed by atoms with Crippen molar-refractivity contribution in [2.75, 3.05) is 50.1 Å². The maximum absolute atomic E-state index is 13.4. The first-order valence-corrected chi connectivity index (χ1v) is 13.4. The Bertz CT molecular complexity index is 1160. The number of halogens is 3. The molecule has 1 atom stereocenters. The number of thiophene rings is 1. The molecule has 1 aromatic carbocycles. The number of nitrogens with one attached hydrogen (secondary N) is 2. The third kappa shape index (κ3) is 7.19. The van der Waals surface area contributed by atoms with Crippen LogP contribution >= 0.6 is 22.9 Å². The first-order valence-electron chi connectivity index (χ1n) is 12.2. The minimum atomic E-state index is -3.13. The van der Waals surface area contributed by atoms with Gasteiger partial charge in [0.2, 0.25) is 5.91 Å². The lowest BCUT2D eigenvalue weighted by molar-refractivity contribution is -0.126. The molecule has 1 aliphatic carbocycles. The van der Waals surface area contributed by atoms with Gasteiger partial charge in [-0.1, -0.05) is 18.0 Å². The van der Waals surface area contributed by atoms with Crippen LogP contribution in [0.4, 0.5) is 20.2 Å². The Kier molecular flexibility index (Phi) is 9.53. The van der Waals surface area contributed by atoms with Crippen molar-refractivity contribution in [1.82, 2.24) is 10.2 Å². The molecule has 0 radical (unpaired) electrons. The topological polar surface area (TPSA) is 100 Å². The average Bonchev–Trinajstić information content (AvgIpc) is 3.28. The number of hydrogen-bond acceptors (Lipinski definition) is 7. The van der Waals surface area contributed by atoms with Gasteiger partial charge in [0.25, 0.3) is 11.8 Å². The standard InChI is InChI=1S/C25H29ClF2N4O5S/c1-31(13-15-3-2-4-15)18(12-29-24(35)20-7-8-21(26)38-20)23(34)30-16-5-6-17(19(11-16)37-25(27)28)32-9-10-36-14-22(32)33/h5-8,11,15,18,25H,2-4,9-10,12-14H2,1H3,(H,29,35)(H,30,34)/t18-/m0/s1. The molecule has 1 aliphatic heterocycles. The largest absolute Gasteiger partial charge is 0.433 e. The molecule has 3 amide bonds. The number of ether oxygens (including phenoxy) is 2. The van der Waals surface area contributed by atoms with Gasteiger partial charge in [-0.05, 0) is 50.1 Å². The van der Waals surface area contributed by atoms with E-state index < -0.39 is 18.6 Å². The summed E-state index contributed by atoms with van der Waals surface area (Å²) >= 11 is 7.07. The van der Waals surface area contributed by atoms with E-state index in [4.69, 9.17) is 16.3 Å². The molecular weight excluding hydrogens is 542 g/mol. The predicted octanol–water partition coefficient (Wildman–Crippen LogP) is 3.84. The Morgan fingerprint density at radius 3 is 2.71 bits per heavy atom. The van der Waals surface area contributed by atoms with E-state index in [2.05, 4.69) is 15.4 Å². The van der Waals surface area contributed by atoms with Crippen molar-refractivity contribution in [2.45, 2.75) is 31.9 Å². The van der Waals surface area contributed by atoms with E-state index in [1.807, 2.05) is 11.9 Å². The molecule has 0 bridgehead atoms. The molecule has 2 N–H and O–H groups in total. The van der Waals surface area contributed by atoms with Crippen LogP contribution in [0.3, 0.4) is 0 Å². The zero-order valence-electron chi connectivity index (χ0n) is 20.8. The summed E-state index contributed by atoms with van der Waals surface area (Å²) in [6.07, 6.45) is 3.31. The number of amides is 3. The molecule has 0 spiro atoms. The molecule has 206 valence electrons. The molecule has 2 aliphatic rings. The smallest absolute Gasteiger partial charge is 0.387 e. The molecule has 9 nitrogen and oxygen atoms in total. The second-order valence-electron chi connectivity index (χ2n) is 9.21. The van der Waals surface area contributed by atoms with Crippen molar-refractivity contribution >= 4 is 52.0 Å². The van der Waals surface area contributed by atoms with E-state index in [1.54, 1.807) is 12.1 Å². The zero-order valence-corrected chi connectivity index (χ0v) is 22.3. The van der Waals surface area contributed by atoms with Gasteiger partial charge in [-0.15, -0.1) is 11.3 Å². The number of rotatable bonds is 11. The minimum Gasteiger partial charge on any atom is -0.433 e. The fraction of sp³-hybridized carbons (Fsp3) is 0.480. The van der Waals surface area contributed by atoms with Crippen molar-refractivity contribution in [3.8, 4) is 5.75 Å². The summed E-state index contributed by atoms with van der Waals surface area (Å²) < 4.78 is 36.6. The van der Waals surface area contributed by atoms with Crippen LogP contribution in [0, 0.1) is 5.92 Å². The molecule has 4 rings (SSSR count). The molecule has 13 heteroatoms. The van der Waals surface area contributed by atoms with E-state index in [9.17, 15) is 23.2 Å². The molecule has 1 aromatic heterocycles. The van der Waals surface area contributed by atoms with Crippen LogP contribution in [-0.2, 0) is 14.3 Å². The summed E-state index contributed by atoms with van der Waals surface area (Å²) in [4.78, 5) is 41.8.